The molecule has 2 atom stereocenters. The van der Waals surface area contributed by atoms with Gasteiger partial charge < -0.3 is 9.15 Å². The van der Waals surface area contributed by atoms with Crippen molar-refractivity contribution in [2.45, 2.75) is 31.3 Å². The molecule has 0 saturated carbocycles. The van der Waals surface area contributed by atoms with Gasteiger partial charge in [0.05, 0.1) is 52.5 Å². The molecule has 0 amide bonds. The van der Waals surface area contributed by atoms with E-state index in [2.05, 4.69) is 0 Å². The van der Waals surface area contributed by atoms with Crippen LogP contribution in [0.25, 0.3) is 149 Å². The lowest BCUT2D eigenvalue weighted by molar-refractivity contribution is 0.267. The fraction of sp³-hybridized carbons (Fsp3) is 0.0575. The van der Waals surface area contributed by atoms with Gasteiger partial charge in [-0.15, -0.1) is 0 Å². The monoisotopic (exact) mass is 1170 g/mol. The van der Waals surface area contributed by atoms with Crippen molar-refractivity contribution in [2.75, 3.05) is 0 Å². The fourth-order valence-corrected chi connectivity index (χ4v) is 13.1. The minimum atomic E-state index is -1.46. The lowest BCUT2D eigenvalue weighted by Gasteiger charge is -2.23. The molecule has 89 heavy (non-hydrogen) atoms. The number of fused-ring (bicyclic) bond motifs is 17. The second-order valence-electron chi connectivity index (χ2n) is 22.2. The Balaban J connectivity index is 0.000000168. The van der Waals surface area contributed by atoms with E-state index < -0.39 is 245 Å². The zero-order valence-corrected chi connectivity index (χ0v) is 46.7. The van der Waals surface area contributed by atoms with E-state index in [-0.39, 0.29) is 109 Å². The van der Waals surface area contributed by atoms with E-state index in [1.807, 2.05) is 80.6 Å². The van der Waals surface area contributed by atoms with Crippen molar-refractivity contribution in [1.29, 1.82) is 0 Å². The lowest BCUT2D eigenvalue weighted by Crippen LogP contribution is -2.20. The molecule has 2 nitrogen and oxygen atoms in total. The zero-order valence-electron chi connectivity index (χ0n) is 80.7. The highest BCUT2D eigenvalue weighted by Crippen LogP contribution is 2.54. The van der Waals surface area contributed by atoms with Crippen LogP contribution in [0.5, 0.6) is 5.75 Å². The molecule has 0 spiro atoms. The highest BCUT2D eigenvalue weighted by Gasteiger charge is 2.38. The van der Waals surface area contributed by atoms with Crippen LogP contribution in [-0.2, 0) is 5.41 Å². The minimum absolute atomic E-state index is 0.0326. The average Bonchev–Trinajstić information content (AvgIpc) is 1.60. The maximum atomic E-state index is 9.92. The van der Waals surface area contributed by atoms with Crippen molar-refractivity contribution in [3.8, 4) is 72.5 Å². The van der Waals surface area contributed by atoms with Crippen molar-refractivity contribution in [1.82, 2.24) is 0 Å². The Hall–Kier alpha value is -11.1. The third kappa shape index (κ3) is 7.96. The molecule has 15 aromatic carbocycles. The molecule has 418 valence electrons. The predicted octanol–water partition coefficient (Wildman–Crippen LogP) is 23.6. The van der Waals surface area contributed by atoms with Crippen LogP contribution in [0.3, 0.4) is 0 Å². The van der Waals surface area contributed by atoms with Gasteiger partial charge in [0.1, 0.15) is 23.0 Å². The van der Waals surface area contributed by atoms with Crippen molar-refractivity contribution in [2.24, 2.45) is 0 Å². The average molecular weight is 1170 g/mol. The van der Waals surface area contributed by atoms with E-state index in [4.69, 9.17) is 36.6 Å². The Morgan fingerprint density at radius 3 is 1.55 bits per heavy atom. The molecule has 0 bridgehead atoms. The molecule has 16 aromatic rings. The van der Waals surface area contributed by atoms with Gasteiger partial charge in [0, 0.05) is 21.8 Å². The summed E-state index contributed by atoms with van der Waals surface area (Å²) in [5, 5.41) is -3.07. The summed E-state index contributed by atoms with van der Waals surface area (Å²) < 4.78 is 319. The zero-order chi connectivity index (χ0) is 88.5. The largest absolute Gasteiger partial charge is 0.485 e. The van der Waals surface area contributed by atoms with Crippen LogP contribution in [0.2, 0.25) is 0 Å². The summed E-state index contributed by atoms with van der Waals surface area (Å²) in [6, 6.07) is 7.89. The van der Waals surface area contributed by atoms with Crippen molar-refractivity contribution >= 4 is 81.9 Å². The van der Waals surface area contributed by atoms with Gasteiger partial charge in [-0.2, -0.15) is 0 Å². The van der Waals surface area contributed by atoms with Gasteiger partial charge >= 0.3 is 0 Å². The summed E-state index contributed by atoms with van der Waals surface area (Å²) in [6.07, 6.45) is -1.46. The standard InChI is InChI=1S/C45H32O.C42H26O/c1-45(2)38-18-10-9-13-31(38)32-22-19-29(26-39(32)45)43-35-16-7-5-14-33(35)42(34-15-6-8-17-36(34)43)28-21-23-40-37(25-28)44-30-12-4-3-11-27(30)20-24-41(44)46-40;1-2-10-27(11-3-1)28-18-20-30(21-19-28)40-33-14-6-8-16-35(33)41(36-17-9-7-15-34(36)40)31-23-24-38-37(26-31)42-32-13-5-4-12-29(32)22-25-39(42)43-38/h3-26,41,44H,1-2H3;1-26H/i3D,4D,5D,6D,7D,8D,11D,12D,14D,15D,16D,17D,20D,21D,23D,24D,25D;4D,5D,6D,7D,8D,9D,12D,13D,14D,15D,16D,17D,22D,23D,24D,25D,26D. The molecular formula is C87H58O2. The maximum absolute atomic E-state index is 9.92. The van der Waals surface area contributed by atoms with E-state index >= 15 is 0 Å². The van der Waals surface area contributed by atoms with Crippen LogP contribution in [0, 0.1) is 0 Å². The first kappa shape index (κ1) is 27.8. The molecule has 19 rings (SSSR count). The molecule has 2 unspecified atom stereocenters. The number of benzene rings is 15. The first-order chi connectivity index (χ1) is 58.1. The molecular weight excluding hydrogens is 1080 g/mol. The smallest absolute Gasteiger partial charge is 0.136 e. The summed E-state index contributed by atoms with van der Waals surface area (Å²) >= 11 is 0. The van der Waals surface area contributed by atoms with Gasteiger partial charge in [0.2, 0.25) is 0 Å². The van der Waals surface area contributed by atoms with E-state index in [0.29, 0.717) is 11.1 Å². The molecule has 3 aliphatic rings. The van der Waals surface area contributed by atoms with Gasteiger partial charge in [-0.3, -0.25) is 0 Å². The lowest BCUT2D eigenvalue weighted by atomic mass is 9.79. The van der Waals surface area contributed by atoms with Crippen LogP contribution >= 0.6 is 0 Å². The number of furan rings is 1. The van der Waals surface area contributed by atoms with Crippen LogP contribution < -0.4 is 4.74 Å². The molecule has 0 saturated heterocycles. The number of hydrogen-bond donors (Lipinski definition) is 0. The third-order valence-electron chi connectivity index (χ3n) is 17.1. The molecule has 2 heterocycles. The van der Waals surface area contributed by atoms with Crippen molar-refractivity contribution in [3.05, 3.63) is 324 Å². The van der Waals surface area contributed by atoms with Gasteiger partial charge in [-0.05, 0) is 185 Å². The molecule has 1 aromatic heterocycles. The quantitative estimate of drug-likeness (QED) is 0.160. The summed E-state index contributed by atoms with van der Waals surface area (Å²) in [6.45, 7) is 4.09. The number of rotatable bonds is 5. The fourth-order valence-electron chi connectivity index (χ4n) is 13.1. The normalized spacial score (nSPS) is 20.6. The van der Waals surface area contributed by atoms with Gasteiger partial charge in [0.15, 0.2) is 0 Å². The third-order valence-corrected chi connectivity index (χ3v) is 17.1. The summed E-state index contributed by atoms with van der Waals surface area (Å²) in [5.74, 6) is -1.75. The Morgan fingerprint density at radius 2 is 0.876 bits per heavy atom. The Bertz CT molecular complexity index is 7560. The molecule has 0 fully saturated rings. The Morgan fingerprint density at radius 1 is 0.371 bits per heavy atom. The topological polar surface area (TPSA) is 22.4 Å². The first-order valence-corrected chi connectivity index (χ1v) is 28.3. The summed E-state index contributed by atoms with van der Waals surface area (Å²) in [4.78, 5) is 0. The van der Waals surface area contributed by atoms with Crippen LogP contribution in [0.15, 0.2) is 301 Å². The van der Waals surface area contributed by atoms with E-state index in [9.17, 15) is 19.2 Å². The number of ether oxygens (including phenoxy) is 1. The van der Waals surface area contributed by atoms with Crippen molar-refractivity contribution in [3.63, 3.8) is 0 Å². The summed E-state index contributed by atoms with van der Waals surface area (Å²) in [5.41, 5.74) is 2.59. The highest BCUT2D eigenvalue weighted by molar-refractivity contribution is 6.25. The summed E-state index contributed by atoms with van der Waals surface area (Å²) in [7, 11) is 0. The molecule has 2 aliphatic carbocycles. The molecule has 1 aliphatic heterocycles. The van der Waals surface area contributed by atoms with Gasteiger partial charge in [-0.25, -0.2) is 0 Å². The second kappa shape index (κ2) is 20.0. The SMILES string of the molecule is [2H]C1=C([2H])C2Oc3c([2H])c([2H])c(-c4c5c([2H])c([2H])c([2H])c([2H])c5c(-c5ccc6c(c5)C(C)(C)c5ccccc5-6)c5c([2H])c([2H])c([2H])c([2H])c45)c([2H])c3C2c2c([2H])c([2H])c([2H])c([2H])c21.[2H]c1c(-c2c3c([2H])c([2H])c([2H])c([2H])c3c(-c3ccc(-c4ccccc4)cc3)c3c([2H])c([2H])c([2H])c([2H])c23)c([2H])c2c(oc3c([2H])c([2H])c4c([2H])c([2H])c([2H])c([2H])c4c32)c1[2H]. The Labute approximate surface area is 564 Å². The first-order valence-electron chi connectivity index (χ1n) is 45.3. The molecule has 0 radical (unpaired) electrons. The van der Waals surface area contributed by atoms with Crippen LogP contribution in [-0.4, -0.2) is 6.10 Å². The maximum Gasteiger partial charge on any atom is 0.136 e. The highest BCUT2D eigenvalue weighted by atomic mass is 16.5. The van der Waals surface area contributed by atoms with Crippen molar-refractivity contribution < 1.29 is 55.8 Å². The molecule has 2 heteroatoms. The van der Waals surface area contributed by atoms with E-state index in [0.717, 1.165) is 33.4 Å². The predicted molar refractivity (Wildman–Crippen MR) is 374 cm³/mol. The van der Waals surface area contributed by atoms with E-state index in [1.165, 1.54) is 0 Å². The van der Waals surface area contributed by atoms with E-state index in [1.54, 1.807) is 30.3 Å². The second-order valence-corrected chi connectivity index (χ2v) is 22.2. The number of hydrogen-bond acceptors (Lipinski definition) is 2. The van der Waals surface area contributed by atoms with Gasteiger partial charge in [-0.1, -0.05) is 274 Å². The van der Waals surface area contributed by atoms with Crippen LogP contribution in [0.1, 0.15) is 94.2 Å². The van der Waals surface area contributed by atoms with Crippen LogP contribution in [0.4, 0.5) is 0 Å². The van der Waals surface area contributed by atoms with Gasteiger partial charge in [0.25, 0.3) is 0 Å². The molecule has 0 N–H and O–H groups in total. The Kier molecular flexibility index (Phi) is 6.24. The minimum Gasteiger partial charge on any atom is -0.485 e.